The molecule has 0 bridgehead atoms. The van der Waals surface area contributed by atoms with Crippen LogP contribution in [-0.2, 0) is 13.1 Å². The molecule has 0 aliphatic carbocycles. The van der Waals surface area contributed by atoms with E-state index in [0.29, 0.717) is 16.6 Å². The minimum Gasteiger partial charge on any atom is -0.348 e. The summed E-state index contributed by atoms with van der Waals surface area (Å²) in [6, 6.07) is 12.3. The second kappa shape index (κ2) is 7.90. The predicted octanol–water partition coefficient (Wildman–Crippen LogP) is 4.11. The van der Waals surface area contributed by atoms with Crippen LogP contribution in [0.5, 0.6) is 0 Å². The average molecular weight is 391 g/mol. The molecule has 3 rings (SSSR count). The van der Waals surface area contributed by atoms with E-state index in [1.54, 1.807) is 6.07 Å². The zero-order valence-electron chi connectivity index (χ0n) is 13.4. The van der Waals surface area contributed by atoms with Crippen LogP contribution < -0.4 is 5.32 Å². The van der Waals surface area contributed by atoms with Crippen molar-refractivity contribution in [2.24, 2.45) is 0 Å². The number of benzene rings is 2. The van der Waals surface area contributed by atoms with Gasteiger partial charge in [0.15, 0.2) is 0 Å². The van der Waals surface area contributed by atoms with E-state index in [1.165, 1.54) is 30.5 Å². The normalized spacial score (nSPS) is 14.8. The molecule has 1 heterocycles. The highest BCUT2D eigenvalue weighted by Crippen LogP contribution is 2.19. The van der Waals surface area contributed by atoms with E-state index in [4.69, 9.17) is 0 Å². The molecule has 1 aliphatic heterocycles. The Kier molecular flexibility index (Phi) is 5.63. The minimum atomic E-state index is -0.419. The van der Waals surface area contributed by atoms with Gasteiger partial charge in [-0.2, -0.15) is 0 Å². The second-order valence-corrected chi connectivity index (χ2v) is 6.91. The van der Waals surface area contributed by atoms with Gasteiger partial charge in [0.1, 0.15) is 5.82 Å². The average Bonchev–Trinajstić information content (AvgIpc) is 3.09. The van der Waals surface area contributed by atoms with E-state index in [-0.39, 0.29) is 5.91 Å². The van der Waals surface area contributed by atoms with E-state index in [0.717, 1.165) is 25.2 Å². The van der Waals surface area contributed by atoms with Crippen molar-refractivity contribution in [3.8, 4) is 0 Å². The zero-order chi connectivity index (χ0) is 16.9. The molecule has 0 unspecified atom stereocenters. The summed E-state index contributed by atoms with van der Waals surface area (Å²) in [5, 5.41) is 2.89. The van der Waals surface area contributed by atoms with Crippen LogP contribution >= 0.6 is 15.9 Å². The van der Waals surface area contributed by atoms with Crippen molar-refractivity contribution in [1.29, 1.82) is 0 Å². The van der Waals surface area contributed by atoms with E-state index >= 15 is 0 Å². The third kappa shape index (κ3) is 4.22. The summed E-state index contributed by atoms with van der Waals surface area (Å²) in [5.41, 5.74) is 2.65. The highest BCUT2D eigenvalue weighted by Gasteiger charge is 2.15. The van der Waals surface area contributed by atoms with Crippen molar-refractivity contribution in [1.82, 2.24) is 10.2 Å². The van der Waals surface area contributed by atoms with Gasteiger partial charge in [-0.3, -0.25) is 9.69 Å². The molecule has 0 saturated carbocycles. The quantitative estimate of drug-likeness (QED) is 0.832. The molecule has 1 amide bonds. The lowest BCUT2D eigenvalue weighted by Crippen LogP contribution is -2.25. The van der Waals surface area contributed by atoms with Gasteiger partial charge in [-0.1, -0.05) is 24.3 Å². The van der Waals surface area contributed by atoms with Crippen LogP contribution in [0.15, 0.2) is 46.9 Å². The van der Waals surface area contributed by atoms with Gasteiger partial charge in [0, 0.05) is 17.6 Å². The van der Waals surface area contributed by atoms with Gasteiger partial charge in [0.05, 0.1) is 5.56 Å². The number of nitrogens with zero attached hydrogens (tertiary/aromatic N) is 1. The maximum atomic E-state index is 13.4. The Hall–Kier alpha value is -1.72. The van der Waals surface area contributed by atoms with Crippen molar-refractivity contribution in [2.75, 3.05) is 13.1 Å². The van der Waals surface area contributed by atoms with Crippen LogP contribution in [-0.4, -0.2) is 23.9 Å². The van der Waals surface area contributed by atoms with Crippen molar-refractivity contribution in [3.63, 3.8) is 0 Å². The third-order valence-electron chi connectivity index (χ3n) is 4.32. The molecular weight excluding hydrogens is 371 g/mol. The summed E-state index contributed by atoms with van der Waals surface area (Å²) >= 11 is 3.30. The highest BCUT2D eigenvalue weighted by atomic mass is 79.9. The predicted molar refractivity (Wildman–Crippen MR) is 96.2 cm³/mol. The van der Waals surface area contributed by atoms with Crippen LogP contribution in [0.3, 0.4) is 0 Å². The topological polar surface area (TPSA) is 32.3 Å². The fourth-order valence-electron chi connectivity index (χ4n) is 3.01. The molecule has 0 radical (unpaired) electrons. The Labute approximate surface area is 150 Å². The first-order valence-corrected chi connectivity index (χ1v) is 8.95. The van der Waals surface area contributed by atoms with Crippen LogP contribution in [0.2, 0.25) is 0 Å². The van der Waals surface area contributed by atoms with Crippen molar-refractivity contribution < 1.29 is 9.18 Å². The second-order valence-electron chi connectivity index (χ2n) is 6.06. The van der Waals surface area contributed by atoms with E-state index in [2.05, 4.69) is 32.2 Å². The molecule has 1 saturated heterocycles. The van der Waals surface area contributed by atoms with Crippen molar-refractivity contribution >= 4 is 21.8 Å². The highest BCUT2D eigenvalue weighted by molar-refractivity contribution is 9.10. The summed E-state index contributed by atoms with van der Waals surface area (Å²) in [6.07, 6.45) is 2.51. The van der Waals surface area contributed by atoms with Gasteiger partial charge in [0.2, 0.25) is 0 Å². The first-order chi connectivity index (χ1) is 11.6. The van der Waals surface area contributed by atoms with Crippen LogP contribution in [0.4, 0.5) is 4.39 Å². The SMILES string of the molecule is O=C(NCc1ccccc1CN1CCCC1)c1cc(F)ccc1Br. The van der Waals surface area contributed by atoms with E-state index in [1.807, 2.05) is 18.2 Å². The Morgan fingerprint density at radius 2 is 1.83 bits per heavy atom. The number of carbonyl (C=O) groups excluding carboxylic acids is 1. The fraction of sp³-hybridized carbons (Fsp3) is 0.316. The molecule has 0 spiro atoms. The molecule has 126 valence electrons. The molecule has 1 aliphatic rings. The Bertz CT molecular complexity index is 729. The molecule has 24 heavy (non-hydrogen) atoms. The van der Waals surface area contributed by atoms with Crippen molar-refractivity contribution in [2.45, 2.75) is 25.9 Å². The Morgan fingerprint density at radius 1 is 1.12 bits per heavy atom. The lowest BCUT2D eigenvalue weighted by molar-refractivity contribution is 0.0949. The van der Waals surface area contributed by atoms with Crippen LogP contribution in [0.1, 0.15) is 34.3 Å². The number of halogens is 2. The smallest absolute Gasteiger partial charge is 0.252 e. The molecule has 1 N–H and O–H groups in total. The molecule has 2 aromatic carbocycles. The monoisotopic (exact) mass is 390 g/mol. The number of carbonyl (C=O) groups is 1. The number of amides is 1. The van der Waals surface area contributed by atoms with Gasteiger partial charge in [0.25, 0.3) is 5.91 Å². The Balaban J connectivity index is 1.67. The van der Waals surface area contributed by atoms with Crippen molar-refractivity contribution in [3.05, 3.63) is 69.4 Å². The number of hydrogen-bond acceptors (Lipinski definition) is 2. The van der Waals surface area contributed by atoms with Gasteiger partial charge in [-0.15, -0.1) is 0 Å². The van der Waals surface area contributed by atoms with Gasteiger partial charge >= 0.3 is 0 Å². The number of nitrogens with one attached hydrogen (secondary N) is 1. The molecule has 0 aromatic heterocycles. The molecule has 1 fully saturated rings. The number of likely N-dealkylation sites (tertiary alicyclic amines) is 1. The van der Waals surface area contributed by atoms with Gasteiger partial charge in [-0.25, -0.2) is 4.39 Å². The summed E-state index contributed by atoms with van der Waals surface area (Å²) < 4.78 is 13.9. The summed E-state index contributed by atoms with van der Waals surface area (Å²) in [5.74, 6) is -0.699. The summed E-state index contributed by atoms with van der Waals surface area (Å²) in [4.78, 5) is 14.8. The molecule has 3 nitrogen and oxygen atoms in total. The molecular formula is C19H20BrFN2O. The lowest BCUT2D eigenvalue weighted by Gasteiger charge is -2.18. The maximum absolute atomic E-state index is 13.4. The first-order valence-electron chi connectivity index (χ1n) is 8.16. The number of rotatable bonds is 5. The lowest BCUT2D eigenvalue weighted by atomic mass is 10.1. The summed E-state index contributed by atoms with van der Waals surface area (Å²) in [6.45, 7) is 3.62. The number of hydrogen-bond donors (Lipinski definition) is 1. The van der Waals surface area contributed by atoms with E-state index in [9.17, 15) is 9.18 Å². The van der Waals surface area contributed by atoms with Gasteiger partial charge in [-0.05, 0) is 71.2 Å². The zero-order valence-corrected chi connectivity index (χ0v) is 15.0. The minimum absolute atomic E-state index is 0.280. The third-order valence-corrected chi connectivity index (χ3v) is 5.01. The van der Waals surface area contributed by atoms with Crippen LogP contribution in [0, 0.1) is 5.82 Å². The molecule has 5 heteroatoms. The Morgan fingerprint density at radius 3 is 2.58 bits per heavy atom. The fourth-order valence-corrected chi connectivity index (χ4v) is 3.43. The maximum Gasteiger partial charge on any atom is 0.252 e. The largest absolute Gasteiger partial charge is 0.348 e. The standard InChI is InChI=1S/C19H20BrFN2O/c20-18-8-7-16(21)11-17(18)19(24)22-12-14-5-1-2-6-15(14)13-23-9-3-4-10-23/h1-2,5-8,11H,3-4,9-10,12-13H2,(H,22,24). The van der Waals surface area contributed by atoms with Crippen LogP contribution in [0.25, 0.3) is 0 Å². The van der Waals surface area contributed by atoms with Gasteiger partial charge < -0.3 is 5.32 Å². The summed E-state index contributed by atoms with van der Waals surface area (Å²) in [7, 11) is 0. The first kappa shape index (κ1) is 17.1. The molecule has 2 aromatic rings. The van der Waals surface area contributed by atoms with E-state index < -0.39 is 5.82 Å². The molecule has 0 atom stereocenters.